The second-order valence-electron chi connectivity index (χ2n) is 6.82. The lowest BCUT2D eigenvalue weighted by Crippen LogP contribution is -2.49. The van der Waals surface area contributed by atoms with Crippen molar-refractivity contribution < 1.29 is 22.3 Å². The first-order chi connectivity index (χ1) is 14.4. The number of fused-ring (bicyclic) bond motifs is 1. The minimum absolute atomic E-state index is 0.00338. The average molecular weight is 426 g/mol. The zero-order chi connectivity index (χ0) is 21.1. The van der Waals surface area contributed by atoms with Crippen LogP contribution < -0.4 is 14.4 Å². The third-order valence-corrected chi connectivity index (χ3v) is 6.40. The standard InChI is InChI=1S/C22H19FN2O4S/c23-17-10-4-5-11-18(17)24-22(26)21-14-25(19-12-6-7-13-20(19)29-21)30(27,28)15-16-8-2-1-3-9-16/h1-13,21H,14-15H2,(H,24,26)/t21-/m0/s1. The van der Waals surface area contributed by atoms with Gasteiger partial charge in [0.05, 0.1) is 23.7 Å². The van der Waals surface area contributed by atoms with E-state index in [2.05, 4.69) is 5.32 Å². The molecule has 0 fully saturated rings. The Morgan fingerprint density at radius 3 is 2.43 bits per heavy atom. The topological polar surface area (TPSA) is 75.7 Å². The van der Waals surface area contributed by atoms with Gasteiger partial charge in [0.25, 0.3) is 5.91 Å². The fraction of sp³-hybridized carbons (Fsp3) is 0.136. The van der Waals surface area contributed by atoms with Crippen molar-refractivity contribution in [3.63, 3.8) is 0 Å². The molecule has 0 aliphatic carbocycles. The largest absolute Gasteiger partial charge is 0.476 e. The van der Waals surface area contributed by atoms with Crippen LogP contribution in [0.15, 0.2) is 78.9 Å². The highest BCUT2D eigenvalue weighted by Crippen LogP contribution is 2.36. The first kappa shape index (κ1) is 19.9. The average Bonchev–Trinajstić information content (AvgIpc) is 2.75. The molecule has 0 bridgehead atoms. The van der Waals surface area contributed by atoms with Gasteiger partial charge in [0, 0.05) is 0 Å². The molecule has 0 unspecified atom stereocenters. The lowest BCUT2D eigenvalue weighted by Gasteiger charge is -2.34. The van der Waals surface area contributed by atoms with Crippen LogP contribution in [0.4, 0.5) is 15.8 Å². The van der Waals surface area contributed by atoms with Gasteiger partial charge < -0.3 is 10.1 Å². The number of halogens is 1. The molecule has 0 aromatic heterocycles. The molecule has 30 heavy (non-hydrogen) atoms. The van der Waals surface area contributed by atoms with Crippen molar-refractivity contribution in [2.45, 2.75) is 11.9 Å². The van der Waals surface area contributed by atoms with Crippen molar-refractivity contribution in [1.82, 2.24) is 0 Å². The van der Waals surface area contributed by atoms with E-state index in [0.29, 0.717) is 11.3 Å². The SMILES string of the molecule is O=C(Nc1ccccc1F)[C@@H]1CN(S(=O)(=O)Cc2ccccc2)c2ccccc2O1. The van der Waals surface area contributed by atoms with Crippen LogP contribution >= 0.6 is 0 Å². The highest BCUT2D eigenvalue weighted by molar-refractivity contribution is 7.92. The second-order valence-corrected chi connectivity index (χ2v) is 8.71. The Morgan fingerprint density at radius 2 is 1.67 bits per heavy atom. The third-order valence-electron chi connectivity index (χ3n) is 4.69. The molecule has 1 amide bonds. The molecular weight excluding hydrogens is 407 g/mol. The van der Waals surface area contributed by atoms with Gasteiger partial charge in [-0.1, -0.05) is 54.6 Å². The third kappa shape index (κ3) is 4.13. The minimum atomic E-state index is -3.80. The van der Waals surface area contributed by atoms with Gasteiger partial charge in [0.15, 0.2) is 6.10 Å². The first-order valence-corrected chi connectivity index (χ1v) is 10.9. The fourth-order valence-corrected chi connectivity index (χ4v) is 4.82. The Balaban J connectivity index is 1.62. The van der Waals surface area contributed by atoms with Crippen molar-refractivity contribution in [2.75, 3.05) is 16.2 Å². The van der Waals surface area contributed by atoms with Crippen molar-refractivity contribution in [2.24, 2.45) is 0 Å². The van der Waals surface area contributed by atoms with E-state index in [-0.39, 0.29) is 23.7 Å². The summed E-state index contributed by atoms with van der Waals surface area (Å²) in [5.41, 5.74) is 1.00. The molecule has 1 atom stereocenters. The number of hydrogen-bond donors (Lipinski definition) is 1. The van der Waals surface area contributed by atoms with Gasteiger partial charge in [0.2, 0.25) is 10.0 Å². The summed E-state index contributed by atoms with van der Waals surface area (Å²) in [6.07, 6.45) is -1.13. The van der Waals surface area contributed by atoms with E-state index in [4.69, 9.17) is 4.74 Å². The summed E-state index contributed by atoms with van der Waals surface area (Å²) < 4.78 is 47.2. The Morgan fingerprint density at radius 1 is 1.00 bits per heavy atom. The quantitative estimate of drug-likeness (QED) is 0.677. The number of para-hydroxylation sites is 3. The van der Waals surface area contributed by atoms with E-state index in [1.165, 1.54) is 22.5 Å². The number of rotatable bonds is 5. The molecule has 1 aliphatic heterocycles. The van der Waals surface area contributed by atoms with Gasteiger partial charge in [-0.2, -0.15) is 0 Å². The number of carbonyl (C=O) groups is 1. The van der Waals surface area contributed by atoms with E-state index in [1.807, 2.05) is 6.07 Å². The molecule has 0 saturated heterocycles. The van der Waals surface area contributed by atoms with Crippen molar-refractivity contribution in [3.05, 3.63) is 90.2 Å². The van der Waals surface area contributed by atoms with E-state index in [0.717, 1.165) is 0 Å². The number of benzene rings is 3. The summed E-state index contributed by atoms with van der Waals surface area (Å²) in [6.45, 7) is -0.216. The lowest BCUT2D eigenvalue weighted by atomic mass is 10.2. The Labute approximate surface area is 174 Å². The van der Waals surface area contributed by atoms with Crippen molar-refractivity contribution in [1.29, 1.82) is 0 Å². The molecule has 4 rings (SSSR count). The summed E-state index contributed by atoms with van der Waals surface area (Å²) in [6, 6.07) is 21.2. The smallest absolute Gasteiger partial charge is 0.267 e. The maximum absolute atomic E-state index is 13.9. The van der Waals surface area contributed by atoms with Crippen molar-refractivity contribution >= 4 is 27.3 Å². The zero-order valence-corrected chi connectivity index (χ0v) is 16.7. The highest BCUT2D eigenvalue weighted by atomic mass is 32.2. The van der Waals surface area contributed by atoms with Crippen LogP contribution in [0, 0.1) is 5.82 Å². The van der Waals surface area contributed by atoms with Crippen LogP contribution in [0.5, 0.6) is 5.75 Å². The maximum atomic E-state index is 13.9. The van der Waals surface area contributed by atoms with E-state index in [1.54, 1.807) is 54.6 Å². The molecular formula is C22H19FN2O4S. The zero-order valence-electron chi connectivity index (χ0n) is 15.9. The highest BCUT2D eigenvalue weighted by Gasteiger charge is 2.36. The Bertz CT molecular complexity index is 1170. The van der Waals surface area contributed by atoms with Gasteiger partial charge in [-0.15, -0.1) is 0 Å². The molecule has 1 heterocycles. The van der Waals surface area contributed by atoms with Crippen LogP contribution in [-0.4, -0.2) is 27.0 Å². The Hall–Kier alpha value is -3.39. The summed E-state index contributed by atoms with van der Waals surface area (Å²) in [5.74, 6) is -1.16. The molecule has 6 nitrogen and oxygen atoms in total. The minimum Gasteiger partial charge on any atom is -0.476 e. The summed E-state index contributed by atoms with van der Waals surface area (Å²) in [4.78, 5) is 12.7. The summed E-state index contributed by atoms with van der Waals surface area (Å²) >= 11 is 0. The normalized spacial score (nSPS) is 15.8. The molecule has 3 aromatic carbocycles. The van der Waals surface area contributed by atoms with Gasteiger partial charge in [-0.25, -0.2) is 12.8 Å². The maximum Gasteiger partial charge on any atom is 0.267 e. The molecule has 0 saturated carbocycles. The van der Waals surface area contributed by atoms with E-state index in [9.17, 15) is 17.6 Å². The fourth-order valence-electron chi connectivity index (χ4n) is 3.24. The molecule has 0 radical (unpaired) electrons. The Kier molecular flexibility index (Phi) is 5.41. The van der Waals surface area contributed by atoms with Crippen molar-refractivity contribution in [3.8, 4) is 5.75 Å². The number of amides is 1. The molecule has 8 heteroatoms. The number of sulfonamides is 1. The van der Waals surface area contributed by atoms with Crippen LogP contribution in [0.3, 0.4) is 0 Å². The molecule has 1 N–H and O–H groups in total. The van der Waals surface area contributed by atoms with E-state index >= 15 is 0 Å². The predicted molar refractivity (Wildman–Crippen MR) is 112 cm³/mol. The number of ether oxygens (including phenoxy) is 1. The van der Waals surface area contributed by atoms with Gasteiger partial charge in [-0.05, 0) is 29.8 Å². The number of nitrogens with one attached hydrogen (secondary N) is 1. The van der Waals surface area contributed by atoms with Gasteiger partial charge in [0.1, 0.15) is 11.6 Å². The first-order valence-electron chi connectivity index (χ1n) is 9.29. The van der Waals surface area contributed by atoms with Crippen LogP contribution in [0.2, 0.25) is 0 Å². The van der Waals surface area contributed by atoms with Gasteiger partial charge in [-0.3, -0.25) is 9.10 Å². The summed E-state index contributed by atoms with van der Waals surface area (Å²) in [5, 5.41) is 2.47. The number of hydrogen-bond acceptors (Lipinski definition) is 4. The molecule has 154 valence electrons. The molecule has 1 aliphatic rings. The van der Waals surface area contributed by atoms with Crippen LogP contribution in [0.1, 0.15) is 5.56 Å². The number of carbonyl (C=O) groups excluding carboxylic acids is 1. The summed E-state index contributed by atoms with van der Waals surface area (Å²) in [7, 11) is -3.80. The molecule has 0 spiro atoms. The number of anilines is 2. The monoisotopic (exact) mass is 426 g/mol. The van der Waals surface area contributed by atoms with E-state index < -0.39 is 27.9 Å². The molecule has 3 aromatic rings. The number of nitrogens with zero attached hydrogens (tertiary/aromatic N) is 1. The van der Waals surface area contributed by atoms with Crippen LogP contribution in [-0.2, 0) is 20.6 Å². The van der Waals surface area contributed by atoms with Crippen LogP contribution in [0.25, 0.3) is 0 Å². The predicted octanol–water partition coefficient (Wildman–Crippen LogP) is 3.56. The lowest BCUT2D eigenvalue weighted by molar-refractivity contribution is -0.122. The van der Waals surface area contributed by atoms with Gasteiger partial charge >= 0.3 is 0 Å². The second kappa shape index (κ2) is 8.16.